The van der Waals surface area contributed by atoms with Gasteiger partial charge >= 0.3 is 5.97 Å². The van der Waals surface area contributed by atoms with Crippen molar-refractivity contribution in [3.63, 3.8) is 0 Å². The minimum atomic E-state index is -1.33. The average Bonchev–Trinajstić information content (AvgIpc) is 2.85. The van der Waals surface area contributed by atoms with Gasteiger partial charge < -0.3 is 28.8 Å². The lowest BCUT2D eigenvalue weighted by molar-refractivity contribution is -0.301. The molecule has 2 aromatic rings. The third-order valence-corrected chi connectivity index (χ3v) is 8.10. The monoisotopic (exact) mass is 566 g/mol. The van der Waals surface area contributed by atoms with E-state index in [9.17, 15) is 9.90 Å². The summed E-state index contributed by atoms with van der Waals surface area (Å²) in [5, 5.41) is 11.7. The molecule has 0 aliphatic carbocycles. The second-order valence-corrected chi connectivity index (χ2v) is 16.0. The molecule has 2 aromatic carbocycles. The number of aliphatic hydroxyl groups excluding tert-OH is 1. The zero-order valence-corrected chi connectivity index (χ0v) is 23.3. The fourth-order valence-corrected chi connectivity index (χ4v) is 4.89. The Balaban J connectivity index is 1.75. The van der Waals surface area contributed by atoms with E-state index in [0.29, 0.717) is 23.2 Å². The van der Waals surface area contributed by atoms with E-state index in [-0.39, 0.29) is 6.61 Å². The molecule has 5 atom stereocenters. The highest BCUT2D eigenvalue weighted by Gasteiger charge is 2.48. The summed E-state index contributed by atoms with van der Waals surface area (Å²) in [4.78, 5) is 12.9. The molecular weight excluding hydrogens is 532 g/mol. The van der Waals surface area contributed by atoms with E-state index in [2.05, 4.69) is 35.6 Å². The first-order chi connectivity index (χ1) is 16.7. The molecule has 0 spiro atoms. The molecule has 1 aliphatic rings. The molecule has 1 heterocycles. The van der Waals surface area contributed by atoms with E-state index in [1.165, 1.54) is 0 Å². The number of methoxy groups -OCH3 is 1. The third-order valence-electron chi connectivity index (χ3n) is 5.76. The molecule has 192 valence electrons. The summed E-state index contributed by atoms with van der Waals surface area (Å²) >= 11 is 3.43. The number of hydrogen-bond donors (Lipinski definition) is 1. The standard InChI is InChI=1S/C26H35BrO7Si/c1-30-20-12-10-19(11-13-20)25(29)34-23-21(16-27)33-26(31-14-15-35(2,3)4)24(22(23)28)32-17-18-8-6-5-7-9-18/h5-13,21-24,26,28H,14-17H2,1-4H3/t21-,22+,23+,24-,26-/m1/s1. The van der Waals surface area contributed by atoms with Crippen molar-refractivity contribution in [3.05, 3.63) is 65.7 Å². The summed E-state index contributed by atoms with van der Waals surface area (Å²) in [6.45, 7) is 7.58. The van der Waals surface area contributed by atoms with Crippen molar-refractivity contribution in [1.82, 2.24) is 0 Å². The van der Waals surface area contributed by atoms with Crippen LogP contribution in [0.2, 0.25) is 25.7 Å². The van der Waals surface area contributed by atoms with Crippen molar-refractivity contribution >= 4 is 30.0 Å². The van der Waals surface area contributed by atoms with Crippen molar-refractivity contribution in [1.29, 1.82) is 0 Å². The summed E-state index contributed by atoms with van der Waals surface area (Å²) in [7, 11) is 0.229. The van der Waals surface area contributed by atoms with E-state index < -0.39 is 44.7 Å². The predicted octanol–water partition coefficient (Wildman–Crippen LogP) is 4.64. The number of benzene rings is 2. The lowest BCUT2D eigenvalue weighted by Crippen LogP contribution is -2.61. The number of carbonyl (C=O) groups is 1. The average molecular weight is 568 g/mol. The number of aliphatic hydroxyl groups is 1. The highest BCUT2D eigenvalue weighted by molar-refractivity contribution is 9.09. The van der Waals surface area contributed by atoms with Crippen LogP contribution in [0.4, 0.5) is 0 Å². The zero-order chi connectivity index (χ0) is 25.4. The van der Waals surface area contributed by atoms with Crippen molar-refractivity contribution in [2.24, 2.45) is 0 Å². The smallest absolute Gasteiger partial charge is 0.338 e. The van der Waals surface area contributed by atoms with Crippen LogP contribution < -0.4 is 4.74 Å². The van der Waals surface area contributed by atoms with Gasteiger partial charge in [-0.15, -0.1) is 0 Å². The number of hydrogen-bond acceptors (Lipinski definition) is 7. The molecule has 0 amide bonds. The Bertz CT molecular complexity index is 920. The molecule has 0 aromatic heterocycles. The second kappa shape index (κ2) is 13.0. The summed E-state index contributed by atoms with van der Waals surface area (Å²) < 4.78 is 29.2. The fraction of sp³-hybridized carbons (Fsp3) is 0.500. The summed E-state index contributed by atoms with van der Waals surface area (Å²) in [6, 6.07) is 17.2. The molecule has 1 aliphatic heterocycles. The van der Waals surface area contributed by atoms with Gasteiger partial charge in [-0.3, -0.25) is 0 Å². The molecule has 0 saturated carbocycles. The van der Waals surface area contributed by atoms with Crippen LogP contribution in [0.3, 0.4) is 0 Å². The first-order valence-electron chi connectivity index (χ1n) is 11.7. The van der Waals surface area contributed by atoms with Gasteiger partial charge in [0.2, 0.25) is 0 Å². The van der Waals surface area contributed by atoms with Crippen LogP contribution in [-0.2, 0) is 25.6 Å². The zero-order valence-electron chi connectivity index (χ0n) is 20.7. The van der Waals surface area contributed by atoms with E-state index >= 15 is 0 Å². The topological polar surface area (TPSA) is 83.5 Å². The number of halogens is 1. The molecule has 1 N–H and O–H groups in total. The molecule has 7 nitrogen and oxygen atoms in total. The highest BCUT2D eigenvalue weighted by atomic mass is 79.9. The van der Waals surface area contributed by atoms with Gasteiger partial charge in [-0.25, -0.2) is 4.79 Å². The Kier molecular flexibility index (Phi) is 10.3. The van der Waals surface area contributed by atoms with Gasteiger partial charge in [0, 0.05) is 20.0 Å². The quantitative estimate of drug-likeness (QED) is 0.241. The Morgan fingerprint density at radius 1 is 1.03 bits per heavy atom. The molecule has 0 radical (unpaired) electrons. The van der Waals surface area contributed by atoms with E-state index in [1.54, 1.807) is 31.4 Å². The maximum Gasteiger partial charge on any atom is 0.338 e. The third kappa shape index (κ3) is 8.13. The number of rotatable bonds is 11. The Morgan fingerprint density at radius 3 is 2.31 bits per heavy atom. The number of esters is 1. The first-order valence-corrected chi connectivity index (χ1v) is 16.6. The van der Waals surface area contributed by atoms with Gasteiger partial charge in [-0.1, -0.05) is 65.9 Å². The van der Waals surface area contributed by atoms with E-state index in [1.807, 2.05) is 30.3 Å². The SMILES string of the molecule is COc1ccc(C(=O)O[C@@H]2[C@H](O)[C@@H](OCc3ccccc3)[C@H](OCC[Si](C)(C)C)O[C@@H]2CBr)cc1. The summed E-state index contributed by atoms with van der Waals surface area (Å²) in [5.41, 5.74) is 1.30. The highest BCUT2D eigenvalue weighted by Crippen LogP contribution is 2.30. The van der Waals surface area contributed by atoms with Gasteiger partial charge in [-0.05, 0) is 35.9 Å². The van der Waals surface area contributed by atoms with Gasteiger partial charge in [0.15, 0.2) is 12.4 Å². The molecule has 9 heteroatoms. The fourth-order valence-electron chi connectivity index (χ4n) is 3.64. The van der Waals surface area contributed by atoms with E-state index in [4.69, 9.17) is 23.7 Å². The molecule has 1 fully saturated rings. The van der Waals surface area contributed by atoms with Gasteiger partial charge in [0.1, 0.15) is 24.1 Å². The first kappa shape index (κ1) is 27.8. The lowest BCUT2D eigenvalue weighted by Gasteiger charge is -2.43. The van der Waals surface area contributed by atoms with Gasteiger partial charge in [-0.2, -0.15) is 0 Å². The van der Waals surface area contributed by atoms with Crippen LogP contribution in [0.25, 0.3) is 0 Å². The molecular formula is C26H35BrO7Si. The molecule has 35 heavy (non-hydrogen) atoms. The molecule has 0 bridgehead atoms. The molecule has 0 unspecified atom stereocenters. The summed E-state index contributed by atoms with van der Waals surface area (Å²) in [5.74, 6) is 0.0692. The number of alkyl halides is 1. The van der Waals surface area contributed by atoms with Crippen molar-refractivity contribution in [2.75, 3.05) is 19.0 Å². The van der Waals surface area contributed by atoms with Gasteiger partial charge in [0.05, 0.1) is 19.3 Å². The maximum atomic E-state index is 12.9. The number of ether oxygens (including phenoxy) is 5. The minimum Gasteiger partial charge on any atom is -0.497 e. The summed E-state index contributed by atoms with van der Waals surface area (Å²) in [6.07, 6.45) is -4.32. The van der Waals surface area contributed by atoms with Crippen molar-refractivity contribution in [2.45, 2.75) is 63.0 Å². The largest absolute Gasteiger partial charge is 0.497 e. The van der Waals surface area contributed by atoms with Crippen LogP contribution in [0.5, 0.6) is 5.75 Å². The van der Waals surface area contributed by atoms with Crippen LogP contribution in [0.1, 0.15) is 15.9 Å². The number of carbonyl (C=O) groups excluding carboxylic acids is 1. The maximum absolute atomic E-state index is 12.9. The lowest BCUT2D eigenvalue weighted by atomic mass is 9.99. The van der Waals surface area contributed by atoms with Crippen LogP contribution in [0, 0.1) is 0 Å². The van der Waals surface area contributed by atoms with Crippen LogP contribution >= 0.6 is 15.9 Å². The van der Waals surface area contributed by atoms with E-state index in [0.717, 1.165) is 11.6 Å². The van der Waals surface area contributed by atoms with Crippen LogP contribution in [0.15, 0.2) is 54.6 Å². The normalized spacial score (nSPS) is 24.7. The molecule has 1 saturated heterocycles. The predicted molar refractivity (Wildman–Crippen MR) is 140 cm³/mol. The molecule has 3 rings (SSSR count). The van der Waals surface area contributed by atoms with Crippen LogP contribution in [-0.4, -0.2) is 68.9 Å². The van der Waals surface area contributed by atoms with Crippen molar-refractivity contribution in [3.8, 4) is 5.75 Å². The Morgan fingerprint density at radius 2 is 1.71 bits per heavy atom. The van der Waals surface area contributed by atoms with Gasteiger partial charge in [0.25, 0.3) is 0 Å². The Hall–Kier alpha value is -1.75. The Labute approximate surface area is 216 Å². The second-order valence-electron chi connectivity index (χ2n) is 9.73. The van der Waals surface area contributed by atoms with Crippen molar-refractivity contribution < 1.29 is 33.6 Å². The minimum absolute atomic E-state index is 0.262.